The minimum Gasteiger partial charge on any atom is -0.493 e. The number of aromatic nitrogens is 2. The molecule has 1 unspecified atom stereocenters. The zero-order valence-corrected chi connectivity index (χ0v) is 15.4. The van der Waals surface area contributed by atoms with Gasteiger partial charge in [0.15, 0.2) is 0 Å². The van der Waals surface area contributed by atoms with E-state index in [0.29, 0.717) is 30.3 Å². The minimum absolute atomic E-state index is 0.257. The Bertz CT molecular complexity index is 985. The van der Waals surface area contributed by atoms with Crippen LogP contribution in [0.25, 0.3) is 11.3 Å². The van der Waals surface area contributed by atoms with Gasteiger partial charge in [0.1, 0.15) is 17.6 Å². The standard InChI is InChI=1S/C22H22N2O3/c1-14(2)13-26-20-10-6-4-8-16(20)17-12-18(24-22(25)23-17)21-11-15-7-3-5-9-19(15)27-21/h3-10,12,14,21H,11,13H2,1-2H3,(H,23,24,25). The summed E-state index contributed by atoms with van der Waals surface area (Å²) in [7, 11) is 0. The second-order valence-electron chi connectivity index (χ2n) is 7.14. The number of ether oxygens (including phenoxy) is 2. The summed E-state index contributed by atoms with van der Waals surface area (Å²) < 4.78 is 11.9. The minimum atomic E-state index is -0.388. The molecule has 0 bridgehead atoms. The molecule has 0 radical (unpaired) electrons. The van der Waals surface area contributed by atoms with Crippen molar-refractivity contribution in [2.24, 2.45) is 5.92 Å². The smallest absolute Gasteiger partial charge is 0.345 e. The molecule has 0 saturated heterocycles. The summed E-state index contributed by atoms with van der Waals surface area (Å²) >= 11 is 0. The Morgan fingerprint density at radius 3 is 2.78 bits per heavy atom. The van der Waals surface area contributed by atoms with Crippen molar-refractivity contribution in [2.45, 2.75) is 26.4 Å². The molecule has 0 amide bonds. The number of nitrogens with zero attached hydrogens (tertiary/aromatic N) is 1. The third kappa shape index (κ3) is 3.72. The molecule has 1 aromatic heterocycles. The molecule has 4 rings (SSSR count). The summed E-state index contributed by atoms with van der Waals surface area (Å²) in [6.07, 6.45) is 0.449. The van der Waals surface area contributed by atoms with Crippen LogP contribution in [0.1, 0.15) is 31.2 Å². The van der Waals surface area contributed by atoms with Crippen LogP contribution < -0.4 is 15.2 Å². The maximum atomic E-state index is 12.2. The lowest BCUT2D eigenvalue weighted by molar-refractivity contribution is 0.233. The van der Waals surface area contributed by atoms with Crippen LogP contribution in [-0.2, 0) is 6.42 Å². The number of rotatable bonds is 5. The van der Waals surface area contributed by atoms with Crippen LogP contribution in [-0.4, -0.2) is 16.6 Å². The first-order valence-corrected chi connectivity index (χ1v) is 9.18. The molecule has 1 aliphatic rings. The molecule has 5 heteroatoms. The summed E-state index contributed by atoms with van der Waals surface area (Å²) in [5, 5.41) is 0. The second kappa shape index (κ2) is 7.27. The molecule has 2 aromatic carbocycles. The Kier molecular flexibility index (Phi) is 4.67. The van der Waals surface area contributed by atoms with Crippen molar-refractivity contribution in [3.05, 3.63) is 76.3 Å². The molecule has 0 fully saturated rings. The molecular formula is C22H22N2O3. The Hall–Kier alpha value is -3.08. The normalized spacial score (nSPS) is 15.4. The van der Waals surface area contributed by atoms with E-state index in [1.165, 1.54) is 0 Å². The largest absolute Gasteiger partial charge is 0.493 e. The van der Waals surface area contributed by atoms with E-state index in [-0.39, 0.29) is 11.8 Å². The summed E-state index contributed by atoms with van der Waals surface area (Å²) in [6, 6.07) is 17.5. The fourth-order valence-electron chi connectivity index (χ4n) is 3.21. The van der Waals surface area contributed by atoms with Gasteiger partial charge in [-0.15, -0.1) is 0 Å². The second-order valence-corrected chi connectivity index (χ2v) is 7.14. The van der Waals surface area contributed by atoms with Crippen molar-refractivity contribution < 1.29 is 9.47 Å². The molecular weight excluding hydrogens is 340 g/mol. The summed E-state index contributed by atoms with van der Waals surface area (Å²) in [5.41, 5.74) is 2.90. The number of aromatic amines is 1. The van der Waals surface area contributed by atoms with E-state index in [1.807, 2.05) is 54.6 Å². The van der Waals surface area contributed by atoms with E-state index in [0.717, 1.165) is 22.6 Å². The summed E-state index contributed by atoms with van der Waals surface area (Å²) in [4.78, 5) is 19.2. The Morgan fingerprint density at radius 2 is 1.96 bits per heavy atom. The van der Waals surface area contributed by atoms with Crippen molar-refractivity contribution in [3.8, 4) is 22.8 Å². The van der Waals surface area contributed by atoms with E-state index in [1.54, 1.807) is 0 Å². The van der Waals surface area contributed by atoms with Crippen molar-refractivity contribution in [1.82, 2.24) is 9.97 Å². The van der Waals surface area contributed by atoms with Gasteiger partial charge < -0.3 is 14.5 Å². The van der Waals surface area contributed by atoms with Gasteiger partial charge in [-0.3, -0.25) is 0 Å². The number of hydrogen-bond donors (Lipinski definition) is 1. The van der Waals surface area contributed by atoms with E-state index in [4.69, 9.17) is 9.47 Å². The summed E-state index contributed by atoms with van der Waals surface area (Å²) in [5.74, 6) is 2.01. The number of nitrogens with one attached hydrogen (secondary N) is 1. The van der Waals surface area contributed by atoms with E-state index >= 15 is 0 Å². The molecule has 0 aliphatic carbocycles. The molecule has 1 atom stereocenters. The number of para-hydroxylation sites is 2. The van der Waals surface area contributed by atoms with Gasteiger partial charge in [-0.05, 0) is 35.7 Å². The van der Waals surface area contributed by atoms with Crippen LogP contribution >= 0.6 is 0 Å². The summed E-state index contributed by atoms with van der Waals surface area (Å²) in [6.45, 7) is 4.81. The van der Waals surface area contributed by atoms with Crippen LogP contribution in [0, 0.1) is 5.92 Å². The van der Waals surface area contributed by atoms with Crippen molar-refractivity contribution in [2.75, 3.05) is 6.61 Å². The topological polar surface area (TPSA) is 64.2 Å². The number of hydrogen-bond acceptors (Lipinski definition) is 4. The van der Waals surface area contributed by atoms with Crippen LogP contribution in [0.3, 0.4) is 0 Å². The Morgan fingerprint density at radius 1 is 1.19 bits per heavy atom. The highest BCUT2D eigenvalue weighted by Gasteiger charge is 2.26. The van der Waals surface area contributed by atoms with Crippen LogP contribution in [0.5, 0.6) is 11.5 Å². The average Bonchev–Trinajstić information content (AvgIpc) is 3.10. The van der Waals surface area contributed by atoms with E-state index in [9.17, 15) is 4.79 Å². The zero-order valence-electron chi connectivity index (χ0n) is 15.4. The van der Waals surface area contributed by atoms with Crippen LogP contribution in [0.15, 0.2) is 59.4 Å². The number of H-pyrrole nitrogens is 1. The molecule has 27 heavy (non-hydrogen) atoms. The predicted molar refractivity (Wildman–Crippen MR) is 104 cm³/mol. The fraction of sp³-hybridized carbons (Fsp3) is 0.273. The van der Waals surface area contributed by atoms with Gasteiger partial charge in [-0.25, -0.2) is 4.79 Å². The number of fused-ring (bicyclic) bond motifs is 1. The van der Waals surface area contributed by atoms with Gasteiger partial charge in [0.05, 0.1) is 18.0 Å². The lowest BCUT2D eigenvalue weighted by Gasteiger charge is -2.15. The maximum absolute atomic E-state index is 12.2. The quantitative estimate of drug-likeness (QED) is 0.741. The average molecular weight is 362 g/mol. The molecule has 3 aromatic rings. The zero-order chi connectivity index (χ0) is 18.8. The van der Waals surface area contributed by atoms with Gasteiger partial charge in [0.2, 0.25) is 0 Å². The Labute approximate surface area is 158 Å². The van der Waals surface area contributed by atoms with E-state index in [2.05, 4.69) is 23.8 Å². The lowest BCUT2D eigenvalue weighted by atomic mass is 10.1. The Balaban J connectivity index is 1.68. The monoisotopic (exact) mass is 362 g/mol. The van der Waals surface area contributed by atoms with Gasteiger partial charge in [-0.2, -0.15) is 4.98 Å². The van der Waals surface area contributed by atoms with Crippen molar-refractivity contribution >= 4 is 0 Å². The molecule has 0 saturated carbocycles. The highest BCUT2D eigenvalue weighted by molar-refractivity contribution is 5.67. The van der Waals surface area contributed by atoms with Gasteiger partial charge in [0.25, 0.3) is 0 Å². The van der Waals surface area contributed by atoms with Crippen LogP contribution in [0.2, 0.25) is 0 Å². The molecule has 138 valence electrons. The van der Waals surface area contributed by atoms with Gasteiger partial charge in [0, 0.05) is 12.0 Å². The molecule has 5 nitrogen and oxygen atoms in total. The predicted octanol–water partition coefficient (Wildman–Crippen LogP) is 4.15. The van der Waals surface area contributed by atoms with Crippen molar-refractivity contribution in [1.29, 1.82) is 0 Å². The number of benzene rings is 2. The van der Waals surface area contributed by atoms with E-state index < -0.39 is 0 Å². The third-order valence-corrected chi connectivity index (χ3v) is 4.49. The highest BCUT2D eigenvalue weighted by Crippen LogP contribution is 2.36. The maximum Gasteiger partial charge on any atom is 0.345 e. The highest BCUT2D eigenvalue weighted by atomic mass is 16.5. The molecule has 1 aliphatic heterocycles. The lowest BCUT2D eigenvalue weighted by Crippen LogP contribution is -2.18. The van der Waals surface area contributed by atoms with Gasteiger partial charge >= 0.3 is 5.69 Å². The molecule has 0 spiro atoms. The fourth-order valence-corrected chi connectivity index (χ4v) is 3.21. The molecule has 2 heterocycles. The van der Waals surface area contributed by atoms with Gasteiger partial charge in [-0.1, -0.05) is 44.2 Å². The SMILES string of the molecule is CC(C)COc1ccccc1-c1cc(C2Cc3ccccc3O2)nc(=O)[nH]1. The first-order valence-electron chi connectivity index (χ1n) is 9.18. The first kappa shape index (κ1) is 17.3. The third-order valence-electron chi connectivity index (χ3n) is 4.49. The first-order chi connectivity index (χ1) is 13.1. The van der Waals surface area contributed by atoms with Crippen molar-refractivity contribution in [3.63, 3.8) is 0 Å². The molecule has 1 N–H and O–H groups in total. The van der Waals surface area contributed by atoms with Crippen LogP contribution in [0.4, 0.5) is 0 Å².